The smallest absolute Gasteiger partial charge is 0.225 e. The zero-order chi connectivity index (χ0) is 13.9. The maximum Gasteiger partial charge on any atom is 0.225 e. The molecule has 5 nitrogen and oxygen atoms in total. The lowest BCUT2D eigenvalue weighted by molar-refractivity contribution is 0.955. The number of anilines is 1. The first kappa shape index (κ1) is 13.1. The summed E-state index contributed by atoms with van der Waals surface area (Å²) in [4.78, 5) is 9.06. The van der Waals surface area contributed by atoms with E-state index >= 15 is 0 Å². The molecule has 0 radical (unpaired) electrons. The van der Waals surface area contributed by atoms with Gasteiger partial charge in [-0.25, -0.2) is 4.98 Å². The molecule has 0 unspecified atom stereocenters. The maximum absolute atomic E-state index is 4.63. The molecular formula is C14H14BrN5. The number of H-pyrrole nitrogens is 1. The molecule has 0 aliphatic heterocycles. The molecule has 0 aliphatic rings. The third-order valence-electron chi connectivity index (χ3n) is 2.97. The van der Waals surface area contributed by atoms with Crippen LogP contribution < -0.4 is 5.32 Å². The highest BCUT2D eigenvalue weighted by molar-refractivity contribution is 9.10. The van der Waals surface area contributed by atoms with Crippen molar-refractivity contribution < 1.29 is 0 Å². The van der Waals surface area contributed by atoms with Crippen LogP contribution in [-0.4, -0.2) is 26.7 Å². The van der Waals surface area contributed by atoms with Gasteiger partial charge in [0.05, 0.1) is 17.3 Å². The molecule has 3 rings (SSSR count). The lowest BCUT2D eigenvalue weighted by atomic mass is 10.1. The largest absolute Gasteiger partial charge is 0.354 e. The molecule has 0 saturated heterocycles. The minimum Gasteiger partial charge on any atom is -0.354 e. The van der Waals surface area contributed by atoms with Crippen molar-refractivity contribution in [3.05, 3.63) is 34.9 Å². The molecule has 6 heteroatoms. The van der Waals surface area contributed by atoms with E-state index in [2.05, 4.69) is 48.3 Å². The number of aromatic nitrogens is 4. The molecule has 0 atom stereocenters. The minimum atomic E-state index is 0.620. The first-order valence-corrected chi connectivity index (χ1v) is 7.28. The second kappa shape index (κ2) is 5.58. The van der Waals surface area contributed by atoms with Crippen LogP contribution in [0, 0.1) is 0 Å². The summed E-state index contributed by atoms with van der Waals surface area (Å²) in [6.45, 7) is 2.95. The van der Waals surface area contributed by atoms with Gasteiger partial charge < -0.3 is 5.32 Å². The van der Waals surface area contributed by atoms with Gasteiger partial charge in [0.2, 0.25) is 5.95 Å². The van der Waals surface area contributed by atoms with Crippen LogP contribution in [0.5, 0.6) is 0 Å². The number of benzene rings is 1. The summed E-state index contributed by atoms with van der Waals surface area (Å²) in [5, 5.41) is 11.1. The average Bonchev–Trinajstić information content (AvgIpc) is 2.93. The summed E-state index contributed by atoms with van der Waals surface area (Å²) in [5.41, 5.74) is 2.64. The third-order valence-corrected chi connectivity index (χ3v) is 3.66. The molecule has 0 saturated carbocycles. The zero-order valence-electron chi connectivity index (χ0n) is 11.0. The summed E-state index contributed by atoms with van der Waals surface area (Å²) in [5.74, 6) is 0.620. The molecule has 2 N–H and O–H groups in total. The Bertz CT molecular complexity index is 737. The monoisotopic (exact) mass is 331 g/mol. The lowest BCUT2D eigenvalue weighted by Gasteiger charge is -2.08. The van der Waals surface area contributed by atoms with Crippen LogP contribution in [0.2, 0.25) is 0 Å². The molecule has 0 spiro atoms. The van der Waals surface area contributed by atoms with Crippen LogP contribution in [-0.2, 0) is 0 Å². The number of hydrogen-bond donors (Lipinski definition) is 2. The number of hydrogen-bond acceptors (Lipinski definition) is 4. The van der Waals surface area contributed by atoms with E-state index in [-0.39, 0.29) is 0 Å². The molecule has 2 aromatic heterocycles. The Kier molecular flexibility index (Phi) is 3.64. The summed E-state index contributed by atoms with van der Waals surface area (Å²) in [6, 6.07) is 8.01. The number of aromatic amines is 1. The van der Waals surface area contributed by atoms with Crippen LogP contribution in [0.15, 0.2) is 34.9 Å². The van der Waals surface area contributed by atoms with E-state index in [9.17, 15) is 0 Å². The molecule has 0 fully saturated rings. The van der Waals surface area contributed by atoms with Crippen LogP contribution >= 0.6 is 15.9 Å². The standard InChI is InChI=1S/C14H14BrN5/c1-2-7-16-14-18-12(9-5-3-4-6-11(9)15)10-8-17-20-13(10)19-14/h3-6,8H,2,7H2,1H3,(H2,16,17,18,19,20). The first-order valence-electron chi connectivity index (χ1n) is 6.49. The Balaban J connectivity index is 2.17. The predicted molar refractivity (Wildman–Crippen MR) is 83.6 cm³/mol. The predicted octanol–water partition coefficient (Wildman–Crippen LogP) is 3.60. The number of rotatable bonds is 4. The Morgan fingerprint density at radius 3 is 2.90 bits per heavy atom. The summed E-state index contributed by atoms with van der Waals surface area (Å²) >= 11 is 3.57. The van der Waals surface area contributed by atoms with E-state index in [1.807, 2.05) is 24.3 Å². The fourth-order valence-corrected chi connectivity index (χ4v) is 2.48. The first-order chi connectivity index (χ1) is 9.79. The van der Waals surface area contributed by atoms with Gasteiger partial charge in [-0.2, -0.15) is 10.1 Å². The van der Waals surface area contributed by atoms with Crippen molar-refractivity contribution in [2.75, 3.05) is 11.9 Å². The van der Waals surface area contributed by atoms with Gasteiger partial charge in [-0.3, -0.25) is 5.10 Å². The molecule has 102 valence electrons. The quantitative estimate of drug-likeness (QED) is 0.766. The molecule has 0 amide bonds. The normalized spacial score (nSPS) is 10.9. The second-order valence-corrected chi connectivity index (χ2v) is 5.29. The fraction of sp³-hybridized carbons (Fsp3) is 0.214. The van der Waals surface area contributed by atoms with Gasteiger partial charge in [0.1, 0.15) is 0 Å². The summed E-state index contributed by atoms with van der Waals surface area (Å²) in [7, 11) is 0. The Hall–Kier alpha value is -1.95. The van der Waals surface area contributed by atoms with Crippen LogP contribution in [0.1, 0.15) is 13.3 Å². The maximum atomic E-state index is 4.63. The van der Waals surface area contributed by atoms with Crippen molar-refractivity contribution >= 4 is 32.9 Å². The molecular weight excluding hydrogens is 318 g/mol. The molecule has 1 aromatic carbocycles. The number of halogens is 1. The molecule has 20 heavy (non-hydrogen) atoms. The van der Waals surface area contributed by atoms with Crippen LogP contribution in [0.25, 0.3) is 22.3 Å². The van der Waals surface area contributed by atoms with E-state index in [4.69, 9.17) is 0 Å². The fourth-order valence-electron chi connectivity index (χ4n) is 2.01. The second-order valence-electron chi connectivity index (χ2n) is 4.43. The average molecular weight is 332 g/mol. The van der Waals surface area contributed by atoms with E-state index in [1.54, 1.807) is 6.20 Å². The van der Waals surface area contributed by atoms with Crippen molar-refractivity contribution in [2.24, 2.45) is 0 Å². The van der Waals surface area contributed by atoms with Gasteiger partial charge in [-0.1, -0.05) is 41.1 Å². The van der Waals surface area contributed by atoms with E-state index in [1.165, 1.54) is 0 Å². The summed E-state index contributed by atoms with van der Waals surface area (Å²) in [6.07, 6.45) is 2.78. The van der Waals surface area contributed by atoms with Crippen molar-refractivity contribution in [1.29, 1.82) is 0 Å². The van der Waals surface area contributed by atoms with Gasteiger partial charge >= 0.3 is 0 Å². The molecule has 3 aromatic rings. The van der Waals surface area contributed by atoms with Crippen molar-refractivity contribution in [1.82, 2.24) is 20.2 Å². The molecule has 0 aliphatic carbocycles. The number of nitrogens with one attached hydrogen (secondary N) is 2. The van der Waals surface area contributed by atoms with Crippen molar-refractivity contribution in [2.45, 2.75) is 13.3 Å². The summed E-state index contributed by atoms with van der Waals surface area (Å²) < 4.78 is 1.00. The Labute approximate surface area is 125 Å². The van der Waals surface area contributed by atoms with Gasteiger partial charge in [0.25, 0.3) is 0 Å². The Morgan fingerprint density at radius 1 is 1.25 bits per heavy atom. The lowest BCUT2D eigenvalue weighted by Crippen LogP contribution is -2.05. The number of nitrogens with zero attached hydrogens (tertiary/aromatic N) is 3. The van der Waals surface area contributed by atoms with Gasteiger partial charge in [0, 0.05) is 16.6 Å². The minimum absolute atomic E-state index is 0.620. The zero-order valence-corrected chi connectivity index (χ0v) is 12.6. The van der Waals surface area contributed by atoms with Crippen molar-refractivity contribution in [3.63, 3.8) is 0 Å². The molecule has 0 bridgehead atoms. The SMILES string of the molecule is CCCNc1nc(-c2ccccc2Br)c2cn[nH]c2n1. The number of fused-ring (bicyclic) bond motifs is 1. The van der Waals surface area contributed by atoms with E-state index in [0.717, 1.165) is 39.7 Å². The topological polar surface area (TPSA) is 66.5 Å². The van der Waals surface area contributed by atoms with Gasteiger partial charge in [-0.05, 0) is 12.5 Å². The van der Waals surface area contributed by atoms with Gasteiger partial charge in [0.15, 0.2) is 5.65 Å². The van der Waals surface area contributed by atoms with Crippen molar-refractivity contribution in [3.8, 4) is 11.3 Å². The van der Waals surface area contributed by atoms with Crippen LogP contribution in [0.4, 0.5) is 5.95 Å². The highest BCUT2D eigenvalue weighted by Gasteiger charge is 2.13. The third kappa shape index (κ3) is 2.38. The van der Waals surface area contributed by atoms with E-state index in [0.29, 0.717) is 5.95 Å². The highest BCUT2D eigenvalue weighted by atomic mass is 79.9. The van der Waals surface area contributed by atoms with Crippen LogP contribution in [0.3, 0.4) is 0 Å². The Morgan fingerprint density at radius 2 is 2.10 bits per heavy atom. The van der Waals surface area contributed by atoms with E-state index < -0.39 is 0 Å². The highest BCUT2D eigenvalue weighted by Crippen LogP contribution is 2.31. The molecule has 2 heterocycles. The van der Waals surface area contributed by atoms with Gasteiger partial charge in [-0.15, -0.1) is 0 Å².